The van der Waals surface area contributed by atoms with Gasteiger partial charge in [0.1, 0.15) is 6.10 Å². The molecule has 0 aliphatic carbocycles. The number of hydrogen-bond donors (Lipinski definition) is 1. The van der Waals surface area contributed by atoms with Crippen LogP contribution in [0.25, 0.3) is 0 Å². The van der Waals surface area contributed by atoms with Crippen molar-refractivity contribution in [3.05, 3.63) is 24.3 Å². The molecule has 2 aliphatic heterocycles. The van der Waals surface area contributed by atoms with Crippen LogP contribution in [0.2, 0.25) is 0 Å². The molecule has 5 nitrogen and oxygen atoms in total. The fourth-order valence-electron chi connectivity index (χ4n) is 3.48. The van der Waals surface area contributed by atoms with Crippen LogP contribution >= 0.6 is 0 Å². The molecule has 0 radical (unpaired) electrons. The number of nitrogens with one attached hydrogen (secondary N) is 1. The zero-order chi connectivity index (χ0) is 17.1. The van der Waals surface area contributed by atoms with Gasteiger partial charge in [0, 0.05) is 19.1 Å². The molecule has 1 saturated heterocycles. The van der Waals surface area contributed by atoms with Gasteiger partial charge in [0.25, 0.3) is 5.91 Å². The van der Waals surface area contributed by atoms with Gasteiger partial charge < -0.3 is 19.7 Å². The second kappa shape index (κ2) is 7.43. The minimum Gasteiger partial charge on any atom is -0.482 e. The minimum absolute atomic E-state index is 0.0846. The molecule has 0 spiro atoms. The number of carbonyl (C=O) groups is 1. The standard InChI is InChI=1S/C19H28N2O3/c1-13(2)21-10-6-7-15(12-21)11-20-19(22)18-14(3)23-16-8-4-5-9-17(16)24-18/h4-5,8-9,13-15,18H,6-7,10-12H2,1-3H3,(H,20,22)/t14-,15-,18+/m0/s1. The van der Waals surface area contributed by atoms with Gasteiger partial charge in [-0.1, -0.05) is 12.1 Å². The molecular weight excluding hydrogens is 304 g/mol. The van der Waals surface area contributed by atoms with E-state index in [1.165, 1.54) is 12.8 Å². The van der Waals surface area contributed by atoms with Gasteiger partial charge in [0.05, 0.1) is 0 Å². The molecule has 0 aromatic heterocycles. The van der Waals surface area contributed by atoms with Gasteiger partial charge in [-0.3, -0.25) is 4.79 Å². The molecule has 0 saturated carbocycles. The smallest absolute Gasteiger partial charge is 0.265 e. The van der Waals surface area contributed by atoms with Gasteiger partial charge in [0.15, 0.2) is 11.5 Å². The molecule has 2 aliphatic rings. The molecule has 2 heterocycles. The van der Waals surface area contributed by atoms with E-state index in [4.69, 9.17) is 9.47 Å². The molecule has 0 unspecified atom stereocenters. The highest BCUT2D eigenvalue weighted by atomic mass is 16.6. The van der Waals surface area contributed by atoms with E-state index in [9.17, 15) is 4.79 Å². The predicted molar refractivity (Wildman–Crippen MR) is 93.4 cm³/mol. The van der Waals surface area contributed by atoms with Gasteiger partial charge in [-0.25, -0.2) is 0 Å². The predicted octanol–water partition coefficient (Wildman–Crippen LogP) is 2.45. The van der Waals surface area contributed by atoms with E-state index in [0.717, 1.165) is 13.1 Å². The minimum atomic E-state index is -0.593. The average Bonchev–Trinajstić information content (AvgIpc) is 2.59. The second-order valence-corrected chi connectivity index (χ2v) is 7.15. The first kappa shape index (κ1) is 17.1. The third-order valence-electron chi connectivity index (χ3n) is 4.95. The first-order valence-electron chi connectivity index (χ1n) is 8.98. The number of para-hydroxylation sites is 2. The molecule has 1 amide bonds. The van der Waals surface area contributed by atoms with E-state index in [2.05, 4.69) is 24.1 Å². The largest absolute Gasteiger partial charge is 0.482 e. The lowest BCUT2D eigenvalue weighted by atomic mass is 9.97. The van der Waals surface area contributed by atoms with E-state index < -0.39 is 6.10 Å². The maximum atomic E-state index is 12.5. The molecular formula is C19H28N2O3. The fourth-order valence-corrected chi connectivity index (χ4v) is 3.48. The Morgan fingerprint density at radius 2 is 2.00 bits per heavy atom. The number of hydrogen-bond acceptors (Lipinski definition) is 4. The Hall–Kier alpha value is -1.75. The first-order chi connectivity index (χ1) is 11.5. The van der Waals surface area contributed by atoms with Crippen molar-refractivity contribution in [1.29, 1.82) is 0 Å². The van der Waals surface area contributed by atoms with E-state index in [1.54, 1.807) is 0 Å². The summed E-state index contributed by atoms with van der Waals surface area (Å²) in [7, 11) is 0. The van der Waals surface area contributed by atoms with Crippen LogP contribution in [0.5, 0.6) is 11.5 Å². The summed E-state index contributed by atoms with van der Waals surface area (Å²) in [4.78, 5) is 15.0. The number of piperidine rings is 1. The molecule has 1 aromatic carbocycles. The second-order valence-electron chi connectivity index (χ2n) is 7.15. The van der Waals surface area contributed by atoms with Crippen LogP contribution in [0, 0.1) is 5.92 Å². The average molecular weight is 332 g/mol. The summed E-state index contributed by atoms with van der Waals surface area (Å²) in [6.45, 7) is 9.26. The Balaban J connectivity index is 1.54. The van der Waals surface area contributed by atoms with Gasteiger partial charge in [-0.15, -0.1) is 0 Å². The Morgan fingerprint density at radius 3 is 2.71 bits per heavy atom. The summed E-state index contributed by atoms with van der Waals surface area (Å²) >= 11 is 0. The van der Waals surface area contributed by atoms with Crippen LogP contribution in [-0.2, 0) is 4.79 Å². The van der Waals surface area contributed by atoms with Crippen LogP contribution in [0.15, 0.2) is 24.3 Å². The summed E-state index contributed by atoms with van der Waals surface area (Å²) in [6, 6.07) is 8.05. The molecule has 5 heteroatoms. The third kappa shape index (κ3) is 3.83. The van der Waals surface area contributed by atoms with E-state index in [0.29, 0.717) is 30.0 Å². The summed E-state index contributed by atoms with van der Waals surface area (Å²) in [6.07, 6.45) is 1.48. The first-order valence-corrected chi connectivity index (χ1v) is 8.98. The maximum Gasteiger partial charge on any atom is 0.265 e. The maximum absolute atomic E-state index is 12.5. The molecule has 3 rings (SSSR count). The number of carbonyl (C=O) groups excluding carboxylic acids is 1. The lowest BCUT2D eigenvalue weighted by Crippen LogP contribution is -2.51. The quantitative estimate of drug-likeness (QED) is 0.920. The zero-order valence-corrected chi connectivity index (χ0v) is 14.8. The van der Waals surface area contributed by atoms with Crippen molar-refractivity contribution in [2.45, 2.75) is 51.9 Å². The van der Waals surface area contributed by atoms with E-state index >= 15 is 0 Å². The van der Waals surface area contributed by atoms with Crippen molar-refractivity contribution in [3.8, 4) is 11.5 Å². The van der Waals surface area contributed by atoms with Gasteiger partial charge >= 0.3 is 0 Å². The van der Waals surface area contributed by atoms with Crippen LogP contribution in [-0.4, -0.2) is 48.7 Å². The number of nitrogens with zero attached hydrogens (tertiary/aromatic N) is 1. The lowest BCUT2D eigenvalue weighted by Gasteiger charge is -2.36. The van der Waals surface area contributed by atoms with Gasteiger partial charge in [0.2, 0.25) is 6.10 Å². The van der Waals surface area contributed by atoms with Crippen LogP contribution in [0.3, 0.4) is 0 Å². The SMILES string of the molecule is CC(C)N1CCC[C@@H](CNC(=O)[C@@H]2Oc3ccccc3O[C@H]2C)C1. The zero-order valence-electron chi connectivity index (χ0n) is 14.8. The summed E-state index contributed by atoms with van der Waals surface area (Å²) in [5, 5.41) is 3.07. The van der Waals surface area contributed by atoms with Crippen molar-refractivity contribution < 1.29 is 14.3 Å². The molecule has 132 valence electrons. The monoisotopic (exact) mass is 332 g/mol. The van der Waals surface area contributed by atoms with Crippen molar-refractivity contribution >= 4 is 5.91 Å². The number of rotatable bonds is 4. The van der Waals surface area contributed by atoms with Gasteiger partial charge in [-0.05, 0) is 58.2 Å². The number of benzene rings is 1. The number of ether oxygens (including phenoxy) is 2. The molecule has 0 bridgehead atoms. The highest BCUT2D eigenvalue weighted by molar-refractivity contribution is 5.82. The van der Waals surface area contributed by atoms with Crippen molar-refractivity contribution in [2.24, 2.45) is 5.92 Å². The van der Waals surface area contributed by atoms with Crippen LogP contribution < -0.4 is 14.8 Å². The Bertz CT molecular complexity index is 575. The van der Waals surface area contributed by atoms with Crippen molar-refractivity contribution in [3.63, 3.8) is 0 Å². The highest BCUT2D eigenvalue weighted by Gasteiger charge is 2.34. The molecule has 1 N–H and O–H groups in total. The number of amides is 1. The number of likely N-dealkylation sites (tertiary alicyclic amines) is 1. The Labute approximate surface area is 144 Å². The van der Waals surface area contributed by atoms with Crippen molar-refractivity contribution in [2.75, 3.05) is 19.6 Å². The normalized spacial score (nSPS) is 27.1. The topological polar surface area (TPSA) is 50.8 Å². The number of fused-ring (bicyclic) bond motifs is 1. The highest BCUT2D eigenvalue weighted by Crippen LogP contribution is 2.33. The molecule has 3 atom stereocenters. The molecule has 1 aromatic rings. The summed E-state index contributed by atoms with van der Waals surface area (Å²) < 4.78 is 11.7. The van der Waals surface area contributed by atoms with Crippen LogP contribution in [0.1, 0.15) is 33.6 Å². The Kier molecular flexibility index (Phi) is 5.29. The van der Waals surface area contributed by atoms with Crippen molar-refractivity contribution in [1.82, 2.24) is 10.2 Å². The molecule has 24 heavy (non-hydrogen) atoms. The summed E-state index contributed by atoms with van der Waals surface area (Å²) in [5.74, 6) is 1.77. The fraction of sp³-hybridized carbons (Fsp3) is 0.632. The van der Waals surface area contributed by atoms with Crippen LogP contribution in [0.4, 0.5) is 0 Å². The lowest BCUT2D eigenvalue weighted by molar-refractivity contribution is -0.133. The van der Waals surface area contributed by atoms with Gasteiger partial charge in [-0.2, -0.15) is 0 Å². The summed E-state index contributed by atoms with van der Waals surface area (Å²) in [5.41, 5.74) is 0. The van der Waals surface area contributed by atoms with E-state index in [-0.39, 0.29) is 12.0 Å². The Morgan fingerprint density at radius 1 is 1.29 bits per heavy atom. The third-order valence-corrected chi connectivity index (χ3v) is 4.95. The van der Waals surface area contributed by atoms with E-state index in [1.807, 2.05) is 31.2 Å². The molecule has 1 fully saturated rings.